The molecule has 2 heteroatoms. The van der Waals surface area contributed by atoms with Gasteiger partial charge in [-0.15, -0.1) is 0 Å². The van der Waals surface area contributed by atoms with Crippen LogP contribution in [0.15, 0.2) is 27.7 Å². The van der Waals surface area contributed by atoms with Gasteiger partial charge in [0.25, 0.3) is 0 Å². The lowest BCUT2D eigenvalue weighted by Gasteiger charge is -1.86. The molecule has 0 aliphatic carbocycles. The Bertz CT molecular complexity index is 395. The summed E-state index contributed by atoms with van der Waals surface area (Å²) in [5, 5.41) is 2.34. The number of halogens is 1. The van der Waals surface area contributed by atoms with Crippen molar-refractivity contribution in [3.8, 4) is 0 Å². The molecule has 1 unspecified atom stereocenters. The van der Waals surface area contributed by atoms with Crippen molar-refractivity contribution in [1.82, 2.24) is 0 Å². The monoisotopic (exact) mass is 209 g/mol. The zero-order chi connectivity index (χ0) is 7.84. The molecule has 0 amide bonds. The summed E-state index contributed by atoms with van der Waals surface area (Å²) >= 11 is 3.48. The Morgan fingerprint density at radius 3 is 3.00 bits per heavy atom. The molecule has 2 rings (SSSR count). The minimum absolute atomic E-state index is 0.337. The second-order valence-electron chi connectivity index (χ2n) is 2.71. The van der Waals surface area contributed by atoms with Gasteiger partial charge < -0.3 is 0 Å². The molecular formula is C9H8BrN. The summed E-state index contributed by atoms with van der Waals surface area (Å²) in [6, 6.07) is 6.44. The summed E-state index contributed by atoms with van der Waals surface area (Å²) in [6.07, 6.45) is 2.17. The fourth-order valence-electron chi connectivity index (χ4n) is 1.30. The van der Waals surface area contributed by atoms with E-state index in [0.717, 1.165) is 9.83 Å². The Balaban J connectivity index is 2.87. The summed E-state index contributed by atoms with van der Waals surface area (Å²) in [5.74, 6) is 0. The first-order chi connectivity index (χ1) is 5.27. The molecule has 0 spiro atoms. The first kappa shape index (κ1) is 7.04. The highest BCUT2D eigenvalue weighted by Gasteiger charge is 2.03. The molecule has 0 fully saturated rings. The molecule has 0 radical (unpaired) electrons. The summed E-state index contributed by atoms with van der Waals surface area (Å²) in [6.45, 7) is 2.09. The van der Waals surface area contributed by atoms with Crippen LogP contribution in [0.4, 0.5) is 0 Å². The van der Waals surface area contributed by atoms with Crippen LogP contribution in [-0.4, -0.2) is 6.04 Å². The number of nitrogens with zero attached hydrogens (tertiary/aromatic N) is 1. The minimum Gasteiger partial charge on any atom is -0.278 e. The van der Waals surface area contributed by atoms with Crippen molar-refractivity contribution >= 4 is 22.0 Å². The SMILES string of the molecule is CC1C=c2c(Br)cccc2=N1. The standard InChI is InChI=1S/C9H8BrN/c1-6-5-7-8(10)3-2-4-9(7)11-6/h2-6H,1H3. The van der Waals surface area contributed by atoms with E-state index in [1.807, 2.05) is 18.2 Å². The lowest BCUT2D eigenvalue weighted by Crippen LogP contribution is -2.21. The normalized spacial score (nSPS) is 20.4. The number of benzene rings is 1. The van der Waals surface area contributed by atoms with E-state index in [2.05, 4.69) is 33.9 Å². The summed E-state index contributed by atoms with van der Waals surface area (Å²) in [5.41, 5.74) is 0. The van der Waals surface area contributed by atoms with Crippen LogP contribution in [0.5, 0.6) is 0 Å². The maximum Gasteiger partial charge on any atom is 0.0669 e. The highest BCUT2D eigenvalue weighted by molar-refractivity contribution is 9.10. The average molecular weight is 210 g/mol. The Morgan fingerprint density at radius 2 is 2.27 bits per heavy atom. The quantitative estimate of drug-likeness (QED) is 0.611. The number of fused-ring (bicyclic) bond motifs is 1. The maximum absolute atomic E-state index is 4.43. The molecule has 0 saturated heterocycles. The van der Waals surface area contributed by atoms with Crippen LogP contribution in [0.2, 0.25) is 0 Å². The van der Waals surface area contributed by atoms with Crippen molar-refractivity contribution in [2.24, 2.45) is 4.99 Å². The fourth-order valence-corrected chi connectivity index (χ4v) is 1.79. The van der Waals surface area contributed by atoms with Gasteiger partial charge in [-0.25, -0.2) is 0 Å². The molecule has 1 aromatic carbocycles. The Kier molecular flexibility index (Phi) is 1.57. The molecule has 0 aromatic heterocycles. The Labute approximate surface area is 73.6 Å². The van der Waals surface area contributed by atoms with E-state index in [1.54, 1.807) is 0 Å². The van der Waals surface area contributed by atoms with Crippen LogP contribution in [0, 0.1) is 0 Å². The van der Waals surface area contributed by atoms with Gasteiger partial charge in [-0.05, 0) is 25.1 Å². The van der Waals surface area contributed by atoms with Gasteiger partial charge in [-0.1, -0.05) is 22.0 Å². The van der Waals surface area contributed by atoms with Crippen LogP contribution in [0.25, 0.3) is 6.08 Å². The van der Waals surface area contributed by atoms with Crippen molar-refractivity contribution in [1.29, 1.82) is 0 Å². The summed E-state index contributed by atoms with van der Waals surface area (Å²) < 4.78 is 1.14. The van der Waals surface area contributed by atoms with E-state index in [4.69, 9.17) is 0 Å². The highest BCUT2D eigenvalue weighted by Crippen LogP contribution is 2.02. The molecule has 1 heterocycles. The van der Waals surface area contributed by atoms with Crippen LogP contribution < -0.4 is 10.6 Å². The first-order valence-corrected chi connectivity index (χ1v) is 4.41. The van der Waals surface area contributed by atoms with Crippen molar-refractivity contribution in [3.63, 3.8) is 0 Å². The van der Waals surface area contributed by atoms with Gasteiger partial charge in [0, 0.05) is 9.69 Å². The molecule has 0 N–H and O–H groups in total. The molecule has 0 saturated carbocycles. The molecule has 1 nitrogen and oxygen atoms in total. The van der Waals surface area contributed by atoms with E-state index < -0.39 is 0 Å². The minimum atomic E-state index is 0.337. The topological polar surface area (TPSA) is 12.4 Å². The smallest absolute Gasteiger partial charge is 0.0669 e. The van der Waals surface area contributed by atoms with E-state index >= 15 is 0 Å². The van der Waals surface area contributed by atoms with E-state index in [-0.39, 0.29) is 0 Å². The second-order valence-corrected chi connectivity index (χ2v) is 3.56. The van der Waals surface area contributed by atoms with E-state index in [9.17, 15) is 0 Å². The Morgan fingerprint density at radius 1 is 1.45 bits per heavy atom. The van der Waals surface area contributed by atoms with E-state index in [1.165, 1.54) is 5.22 Å². The average Bonchev–Trinajstić information content (AvgIpc) is 2.31. The molecular weight excluding hydrogens is 202 g/mol. The highest BCUT2D eigenvalue weighted by atomic mass is 79.9. The predicted octanol–water partition coefficient (Wildman–Crippen LogP) is 1.25. The van der Waals surface area contributed by atoms with Gasteiger partial charge in [0.2, 0.25) is 0 Å². The van der Waals surface area contributed by atoms with Gasteiger partial charge in [0.05, 0.1) is 11.4 Å². The molecule has 1 aliphatic heterocycles. The fraction of sp³-hybridized carbons (Fsp3) is 0.222. The van der Waals surface area contributed by atoms with Gasteiger partial charge >= 0.3 is 0 Å². The van der Waals surface area contributed by atoms with Crippen LogP contribution >= 0.6 is 15.9 Å². The van der Waals surface area contributed by atoms with Crippen LogP contribution in [0.1, 0.15) is 6.92 Å². The van der Waals surface area contributed by atoms with Crippen LogP contribution in [-0.2, 0) is 0 Å². The molecule has 1 aliphatic rings. The predicted molar refractivity (Wildman–Crippen MR) is 48.9 cm³/mol. The lowest BCUT2D eigenvalue weighted by molar-refractivity contribution is 0.955. The zero-order valence-corrected chi connectivity index (χ0v) is 7.80. The van der Waals surface area contributed by atoms with Crippen molar-refractivity contribution < 1.29 is 0 Å². The van der Waals surface area contributed by atoms with E-state index in [0.29, 0.717) is 6.04 Å². The van der Waals surface area contributed by atoms with Gasteiger partial charge in [0.15, 0.2) is 0 Å². The molecule has 11 heavy (non-hydrogen) atoms. The lowest BCUT2D eigenvalue weighted by atomic mass is 10.2. The van der Waals surface area contributed by atoms with Crippen molar-refractivity contribution in [3.05, 3.63) is 33.2 Å². The third-order valence-electron chi connectivity index (χ3n) is 1.78. The molecule has 1 aromatic rings. The summed E-state index contributed by atoms with van der Waals surface area (Å²) in [7, 11) is 0. The zero-order valence-electron chi connectivity index (χ0n) is 6.21. The second kappa shape index (κ2) is 2.45. The van der Waals surface area contributed by atoms with Gasteiger partial charge in [-0.2, -0.15) is 0 Å². The van der Waals surface area contributed by atoms with Crippen molar-refractivity contribution in [2.45, 2.75) is 13.0 Å². The van der Waals surface area contributed by atoms with Crippen LogP contribution in [0.3, 0.4) is 0 Å². The Hall–Kier alpha value is -0.630. The van der Waals surface area contributed by atoms with Crippen molar-refractivity contribution in [2.75, 3.05) is 0 Å². The molecule has 1 atom stereocenters. The molecule has 56 valence electrons. The first-order valence-electron chi connectivity index (χ1n) is 3.61. The molecule has 0 bridgehead atoms. The maximum atomic E-state index is 4.43. The van der Waals surface area contributed by atoms with Gasteiger partial charge in [0.1, 0.15) is 0 Å². The largest absolute Gasteiger partial charge is 0.278 e. The van der Waals surface area contributed by atoms with Gasteiger partial charge in [-0.3, -0.25) is 4.99 Å². The number of rotatable bonds is 0. The number of hydrogen-bond acceptors (Lipinski definition) is 1. The number of hydrogen-bond donors (Lipinski definition) is 0. The third kappa shape index (κ3) is 1.11. The third-order valence-corrected chi connectivity index (χ3v) is 2.47. The summed E-state index contributed by atoms with van der Waals surface area (Å²) in [4.78, 5) is 4.43.